The molecule has 0 aliphatic heterocycles. The number of benzene rings is 1. The molecule has 0 bridgehead atoms. The van der Waals surface area contributed by atoms with Crippen LogP contribution in [0.3, 0.4) is 0 Å². The van der Waals surface area contributed by atoms with Gasteiger partial charge in [0.1, 0.15) is 0 Å². The van der Waals surface area contributed by atoms with E-state index in [0.29, 0.717) is 5.25 Å². The number of hydrogen-bond acceptors (Lipinski definition) is 3. The molecule has 2 aromatic rings. The van der Waals surface area contributed by atoms with E-state index >= 15 is 0 Å². The number of nitrogens with two attached hydrogens (primary N) is 1. The Kier molecular flexibility index (Phi) is 5.23. The minimum atomic E-state index is 0.188. The Hall–Kier alpha value is -1.06. The van der Waals surface area contributed by atoms with Crippen molar-refractivity contribution in [3.63, 3.8) is 0 Å². The Labute approximate surface area is 119 Å². The van der Waals surface area contributed by atoms with Crippen molar-refractivity contribution in [3.8, 4) is 0 Å². The number of pyridine rings is 1. The smallest absolute Gasteiger partial charge is 0.0705 e. The van der Waals surface area contributed by atoms with Gasteiger partial charge in [0.2, 0.25) is 0 Å². The number of aromatic nitrogens is 1. The zero-order valence-corrected chi connectivity index (χ0v) is 12.5. The van der Waals surface area contributed by atoms with E-state index in [0.717, 1.165) is 23.4 Å². The molecule has 2 rings (SSSR count). The van der Waals surface area contributed by atoms with E-state index < -0.39 is 0 Å². The lowest BCUT2D eigenvalue weighted by molar-refractivity contribution is 0.731. The Morgan fingerprint density at radius 2 is 2.00 bits per heavy atom. The average molecular weight is 274 g/mol. The molecule has 0 amide bonds. The van der Waals surface area contributed by atoms with Gasteiger partial charge in [-0.3, -0.25) is 4.98 Å². The third-order valence-electron chi connectivity index (χ3n) is 3.30. The fourth-order valence-corrected chi connectivity index (χ4v) is 2.88. The van der Waals surface area contributed by atoms with Gasteiger partial charge in [-0.15, -0.1) is 0 Å². The molecule has 0 aliphatic carbocycles. The Balaban J connectivity index is 1.96. The highest BCUT2D eigenvalue weighted by Gasteiger charge is 2.08. The van der Waals surface area contributed by atoms with Crippen molar-refractivity contribution in [1.29, 1.82) is 0 Å². The van der Waals surface area contributed by atoms with E-state index in [4.69, 9.17) is 5.73 Å². The number of rotatable bonds is 6. The lowest BCUT2D eigenvalue weighted by Crippen LogP contribution is -2.26. The number of thioether (sulfide) groups is 1. The molecule has 2 nitrogen and oxygen atoms in total. The van der Waals surface area contributed by atoms with Crippen molar-refractivity contribution in [1.82, 2.24) is 4.98 Å². The second-order valence-corrected chi connectivity index (χ2v) is 6.48. The number of para-hydroxylation sites is 1. The number of hydrogen-bond donors (Lipinski definition) is 1. The standard InChI is InChI=1S/C16H22N2S/c1-3-12(2)19-11-14(17)10-15-9-8-13-6-4-5-7-16(13)18-15/h4-9,12,14H,3,10-11,17H2,1-2H3. The van der Waals surface area contributed by atoms with Gasteiger partial charge in [-0.2, -0.15) is 11.8 Å². The molecule has 3 heteroatoms. The lowest BCUT2D eigenvalue weighted by atomic mass is 10.1. The maximum Gasteiger partial charge on any atom is 0.0705 e. The molecule has 2 atom stereocenters. The van der Waals surface area contributed by atoms with Crippen LogP contribution in [0.1, 0.15) is 26.0 Å². The summed E-state index contributed by atoms with van der Waals surface area (Å²) < 4.78 is 0. The highest BCUT2D eigenvalue weighted by molar-refractivity contribution is 7.99. The van der Waals surface area contributed by atoms with Crippen molar-refractivity contribution < 1.29 is 0 Å². The summed E-state index contributed by atoms with van der Waals surface area (Å²) in [7, 11) is 0. The first-order chi connectivity index (χ1) is 9.19. The van der Waals surface area contributed by atoms with Crippen molar-refractivity contribution in [2.24, 2.45) is 5.73 Å². The second kappa shape index (κ2) is 6.92. The van der Waals surface area contributed by atoms with Crippen LogP contribution in [0.5, 0.6) is 0 Å². The first kappa shape index (κ1) is 14.4. The maximum atomic E-state index is 6.19. The van der Waals surface area contributed by atoms with E-state index in [1.807, 2.05) is 23.9 Å². The van der Waals surface area contributed by atoms with Crippen molar-refractivity contribution in [2.75, 3.05) is 5.75 Å². The van der Waals surface area contributed by atoms with Gasteiger partial charge >= 0.3 is 0 Å². The molecule has 102 valence electrons. The van der Waals surface area contributed by atoms with Gasteiger partial charge in [-0.1, -0.05) is 38.1 Å². The van der Waals surface area contributed by atoms with Gasteiger partial charge in [-0.25, -0.2) is 0 Å². The highest BCUT2D eigenvalue weighted by atomic mass is 32.2. The first-order valence-electron chi connectivity index (χ1n) is 6.91. The van der Waals surface area contributed by atoms with Gasteiger partial charge in [0, 0.05) is 34.5 Å². The van der Waals surface area contributed by atoms with Gasteiger partial charge in [0.05, 0.1) is 5.52 Å². The van der Waals surface area contributed by atoms with Crippen LogP contribution in [0.4, 0.5) is 0 Å². The zero-order valence-electron chi connectivity index (χ0n) is 11.7. The topological polar surface area (TPSA) is 38.9 Å². The van der Waals surface area contributed by atoms with Crippen LogP contribution in [0.25, 0.3) is 10.9 Å². The Morgan fingerprint density at radius 1 is 1.21 bits per heavy atom. The molecule has 2 N–H and O–H groups in total. The molecule has 0 spiro atoms. The lowest BCUT2D eigenvalue weighted by Gasteiger charge is -2.14. The molecule has 0 saturated carbocycles. The second-order valence-electron chi connectivity index (χ2n) is 5.01. The molecule has 1 aromatic heterocycles. The van der Waals surface area contributed by atoms with Crippen molar-refractivity contribution in [3.05, 3.63) is 42.1 Å². The summed E-state index contributed by atoms with van der Waals surface area (Å²) >= 11 is 1.95. The zero-order chi connectivity index (χ0) is 13.7. The maximum absolute atomic E-state index is 6.19. The summed E-state index contributed by atoms with van der Waals surface area (Å²) in [6.45, 7) is 4.47. The van der Waals surface area contributed by atoms with Crippen LogP contribution in [-0.2, 0) is 6.42 Å². The minimum absolute atomic E-state index is 0.188. The van der Waals surface area contributed by atoms with Crippen LogP contribution >= 0.6 is 11.8 Å². The largest absolute Gasteiger partial charge is 0.327 e. The fraction of sp³-hybridized carbons (Fsp3) is 0.438. The van der Waals surface area contributed by atoms with E-state index in [2.05, 4.69) is 43.1 Å². The van der Waals surface area contributed by atoms with Crippen molar-refractivity contribution in [2.45, 2.75) is 38.0 Å². The van der Waals surface area contributed by atoms with Crippen LogP contribution in [-0.4, -0.2) is 22.0 Å². The fourth-order valence-electron chi connectivity index (χ4n) is 1.96. The molecular weight excluding hydrogens is 252 g/mol. The summed E-state index contributed by atoms with van der Waals surface area (Å²) in [6, 6.07) is 12.6. The molecule has 1 heterocycles. The predicted molar refractivity (Wildman–Crippen MR) is 85.6 cm³/mol. The molecule has 2 unspecified atom stereocenters. The van der Waals surface area contributed by atoms with Crippen LogP contribution in [0.2, 0.25) is 0 Å². The molecule has 0 saturated heterocycles. The normalized spacial score (nSPS) is 14.5. The summed E-state index contributed by atoms with van der Waals surface area (Å²) in [6.07, 6.45) is 2.06. The van der Waals surface area contributed by atoms with Gasteiger partial charge in [0.25, 0.3) is 0 Å². The summed E-state index contributed by atoms with van der Waals surface area (Å²) in [5.41, 5.74) is 8.34. The monoisotopic (exact) mass is 274 g/mol. The molecule has 19 heavy (non-hydrogen) atoms. The van der Waals surface area contributed by atoms with Crippen LogP contribution in [0, 0.1) is 0 Å². The summed E-state index contributed by atoms with van der Waals surface area (Å²) in [5.74, 6) is 1.00. The molecule has 0 fully saturated rings. The van der Waals surface area contributed by atoms with E-state index in [9.17, 15) is 0 Å². The molecule has 1 aromatic carbocycles. The van der Waals surface area contributed by atoms with Gasteiger partial charge in [0.15, 0.2) is 0 Å². The average Bonchev–Trinajstić information content (AvgIpc) is 2.44. The highest BCUT2D eigenvalue weighted by Crippen LogP contribution is 2.16. The SMILES string of the molecule is CCC(C)SCC(N)Cc1ccc2ccccc2n1. The van der Waals surface area contributed by atoms with Crippen LogP contribution < -0.4 is 5.73 Å². The third-order valence-corrected chi connectivity index (χ3v) is 4.82. The predicted octanol–water partition coefficient (Wildman–Crippen LogP) is 3.64. The number of nitrogens with zero attached hydrogens (tertiary/aromatic N) is 1. The summed E-state index contributed by atoms with van der Waals surface area (Å²) in [5, 5.41) is 1.88. The third kappa shape index (κ3) is 4.22. The number of fused-ring (bicyclic) bond motifs is 1. The van der Waals surface area contributed by atoms with Gasteiger partial charge < -0.3 is 5.73 Å². The quantitative estimate of drug-likeness (QED) is 0.874. The van der Waals surface area contributed by atoms with E-state index in [1.165, 1.54) is 11.8 Å². The van der Waals surface area contributed by atoms with Crippen LogP contribution in [0.15, 0.2) is 36.4 Å². The molecule has 0 radical (unpaired) electrons. The molecule has 0 aliphatic rings. The van der Waals surface area contributed by atoms with Gasteiger partial charge in [-0.05, 0) is 18.6 Å². The first-order valence-corrected chi connectivity index (χ1v) is 7.95. The van der Waals surface area contributed by atoms with E-state index in [1.54, 1.807) is 0 Å². The Morgan fingerprint density at radius 3 is 2.79 bits per heavy atom. The summed E-state index contributed by atoms with van der Waals surface area (Å²) in [4.78, 5) is 4.67. The Bertz CT molecular complexity index is 527. The molecular formula is C16H22N2S. The minimum Gasteiger partial charge on any atom is -0.327 e. The van der Waals surface area contributed by atoms with E-state index in [-0.39, 0.29) is 6.04 Å². The van der Waals surface area contributed by atoms with Crippen molar-refractivity contribution >= 4 is 22.7 Å².